The Hall–Kier alpha value is -1.06. The first-order valence-electron chi connectivity index (χ1n) is 4.52. The van der Waals surface area contributed by atoms with Gasteiger partial charge in [-0.2, -0.15) is 13.2 Å². The van der Waals surface area contributed by atoms with Crippen molar-refractivity contribution in [2.24, 2.45) is 5.84 Å². The van der Waals surface area contributed by atoms with Gasteiger partial charge >= 0.3 is 6.18 Å². The molecule has 3 N–H and O–H groups in total. The van der Waals surface area contributed by atoms with E-state index in [1.807, 2.05) is 0 Å². The van der Waals surface area contributed by atoms with Gasteiger partial charge in [0.1, 0.15) is 10.8 Å². The summed E-state index contributed by atoms with van der Waals surface area (Å²) in [4.78, 5) is 6.63. The molecule has 0 fully saturated rings. The van der Waals surface area contributed by atoms with Crippen LogP contribution in [0.15, 0.2) is 11.1 Å². The minimum atomic E-state index is -4.59. The number of hydrogen-bond acceptors (Lipinski definition) is 6. The summed E-state index contributed by atoms with van der Waals surface area (Å²) < 4.78 is 42.1. The Morgan fingerprint density at radius 2 is 2.18 bits per heavy atom. The first kappa shape index (κ1) is 14.0. The molecule has 0 bridgehead atoms. The molecule has 1 aromatic rings. The van der Waals surface area contributed by atoms with Crippen LogP contribution < -0.4 is 11.3 Å². The Balaban J connectivity index is 2.89. The van der Waals surface area contributed by atoms with Crippen LogP contribution in [0.2, 0.25) is 0 Å². The second kappa shape index (κ2) is 6.03. The van der Waals surface area contributed by atoms with Gasteiger partial charge in [-0.15, -0.1) is 11.8 Å². The molecule has 0 aliphatic heterocycles. The van der Waals surface area contributed by atoms with Crippen LogP contribution in [0, 0.1) is 0 Å². The zero-order valence-electron chi connectivity index (χ0n) is 8.91. The summed E-state index contributed by atoms with van der Waals surface area (Å²) in [5.41, 5.74) is 2.07. The van der Waals surface area contributed by atoms with E-state index in [-0.39, 0.29) is 10.8 Å². The molecule has 0 radical (unpaired) electrons. The molecule has 9 heteroatoms. The molecule has 0 amide bonds. The van der Waals surface area contributed by atoms with Crippen LogP contribution in [0.5, 0.6) is 0 Å². The maximum absolute atomic E-state index is 12.4. The first-order valence-corrected chi connectivity index (χ1v) is 5.50. The van der Waals surface area contributed by atoms with E-state index in [0.29, 0.717) is 12.4 Å². The summed E-state index contributed by atoms with van der Waals surface area (Å²) in [6.07, 6.45) is -4.59. The number of anilines is 1. The highest BCUT2D eigenvalue weighted by molar-refractivity contribution is 7.99. The van der Waals surface area contributed by atoms with E-state index in [1.165, 1.54) is 13.2 Å². The van der Waals surface area contributed by atoms with Gasteiger partial charge < -0.3 is 10.2 Å². The molecule has 0 spiro atoms. The zero-order valence-corrected chi connectivity index (χ0v) is 9.73. The maximum atomic E-state index is 12.4. The molecule has 0 saturated heterocycles. The van der Waals surface area contributed by atoms with Crippen LogP contribution >= 0.6 is 11.8 Å². The van der Waals surface area contributed by atoms with Crippen LogP contribution in [-0.4, -0.2) is 29.4 Å². The van der Waals surface area contributed by atoms with Crippen molar-refractivity contribution in [3.63, 3.8) is 0 Å². The van der Waals surface area contributed by atoms with E-state index in [4.69, 9.17) is 10.6 Å². The Labute approximate surface area is 99.9 Å². The number of rotatable bonds is 5. The lowest BCUT2D eigenvalue weighted by molar-refractivity contribution is -0.145. The summed E-state index contributed by atoms with van der Waals surface area (Å²) in [5, 5.41) is 0.192. The number of nitrogens with zero attached hydrogens (tertiary/aromatic N) is 2. The molecule has 5 nitrogen and oxygen atoms in total. The van der Waals surface area contributed by atoms with Crippen LogP contribution in [0.1, 0.15) is 5.82 Å². The second-order valence-electron chi connectivity index (χ2n) is 2.90. The van der Waals surface area contributed by atoms with Crippen molar-refractivity contribution in [1.29, 1.82) is 0 Å². The first-order chi connectivity index (χ1) is 7.97. The summed E-state index contributed by atoms with van der Waals surface area (Å²) >= 11 is 1.13. The summed E-state index contributed by atoms with van der Waals surface area (Å²) in [6, 6.07) is 1.34. The van der Waals surface area contributed by atoms with Crippen molar-refractivity contribution in [2.45, 2.75) is 11.2 Å². The molecule has 0 saturated carbocycles. The summed E-state index contributed by atoms with van der Waals surface area (Å²) in [5.74, 6) is 4.25. The van der Waals surface area contributed by atoms with Gasteiger partial charge in [-0.25, -0.2) is 15.8 Å². The van der Waals surface area contributed by atoms with Gasteiger partial charge in [-0.05, 0) is 0 Å². The number of aromatic nitrogens is 2. The average molecular weight is 268 g/mol. The summed E-state index contributed by atoms with van der Waals surface area (Å²) in [6.45, 7) is 0.418. The molecule has 1 aromatic heterocycles. The minimum absolute atomic E-state index is 0.0766. The van der Waals surface area contributed by atoms with Crippen LogP contribution in [-0.2, 0) is 10.9 Å². The lowest BCUT2D eigenvalue weighted by atomic mass is 10.5. The van der Waals surface area contributed by atoms with Crippen molar-refractivity contribution in [3.05, 3.63) is 11.9 Å². The second-order valence-corrected chi connectivity index (χ2v) is 4.01. The van der Waals surface area contributed by atoms with E-state index in [2.05, 4.69) is 15.4 Å². The third-order valence-corrected chi connectivity index (χ3v) is 2.52. The third kappa shape index (κ3) is 4.36. The van der Waals surface area contributed by atoms with E-state index in [9.17, 15) is 13.2 Å². The smallest absolute Gasteiger partial charge is 0.384 e. The van der Waals surface area contributed by atoms with Gasteiger partial charge in [0.15, 0.2) is 0 Å². The predicted octanol–water partition coefficient (Wildman–Crippen LogP) is 1.52. The molecule has 0 atom stereocenters. The number of nitrogens with two attached hydrogens (primary N) is 1. The van der Waals surface area contributed by atoms with Crippen LogP contribution in [0.4, 0.5) is 19.0 Å². The molecule has 96 valence electrons. The largest absolute Gasteiger partial charge is 0.451 e. The number of alkyl halides is 3. The molecule has 0 aliphatic rings. The van der Waals surface area contributed by atoms with Crippen LogP contribution in [0.25, 0.3) is 0 Å². The van der Waals surface area contributed by atoms with Crippen molar-refractivity contribution in [1.82, 2.24) is 9.97 Å². The molecule has 1 heterocycles. The molecular formula is C8H11F3N4OS. The van der Waals surface area contributed by atoms with Gasteiger partial charge in [0.05, 0.1) is 6.61 Å². The quantitative estimate of drug-likeness (QED) is 0.277. The van der Waals surface area contributed by atoms with Crippen molar-refractivity contribution >= 4 is 17.6 Å². The minimum Gasteiger partial charge on any atom is -0.384 e. The Morgan fingerprint density at radius 1 is 1.47 bits per heavy atom. The van der Waals surface area contributed by atoms with Crippen molar-refractivity contribution < 1.29 is 17.9 Å². The van der Waals surface area contributed by atoms with Gasteiger partial charge in [0, 0.05) is 18.9 Å². The number of nitrogens with one attached hydrogen (secondary N) is 1. The topological polar surface area (TPSA) is 73.1 Å². The number of hydrazine groups is 1. The molecule has 0 aliphatic carbocycles. The molecule has 1 rings (SSSR count). The summed E-state index contributed by atoms with van der Waals surface area (Å²) in [7, 11) is 1.51. The maximum Gasteiger partial charge on any atom is 0.451 e. The van der Waals surface area contributed by atoms with Crippen molar-refractivity contribution in [2.75, 3.05) is 24.9 Å². The fourth-order valence-corrected chi connectivity index (χ4v) is 1.73. The molecule has 0 unspecified atom stereocenters. The average Bonchev–Trinajstić information content (AvgIpc) is 2.28. The monoisotopic (exact) mass is 268 g/mol. The molecule has 0 aromatic carbocycles. The SMILES string of the molecule is COCCSc1cc(NN)nc(C(F)(F)F)n1. The highest BCUT2D eigenvalue weighted by Crippen LogP contribution is 2.29. The van der Waals surface area contributed by atoms with Gasteiger partial charge in [-0.3, -0.25) is 0 Å². The lowest BCUT2D eigenvalue weighted by Gasteiger charge is -2.09. The molecular weight excluding hydrogens is 257 g/mol. The number of methoxy groups -OCH3 is 1. The number of ether oxygens (including phenoxy) is 1. The standard InChI is InChI=1S/C8H11F3N4OS/c1-16-2-3-17-6-4-5(15-12)13-7(14-6)8(9,10)11/h4H,2-3,12H2,1H3,(H,13,14,15). The third-order valence-electron chi connectivity index (χ3n) is 1.64. The fraction of sp³-hybridized carbons (Fsp3) is 0.500. The fourth-order valence-electron chi connectivity index (χ4n) is 0.929. The van der Waals surface area contributed by atoms with E-state index < -0.39 is 12.0 Å². The number of thioether (sulfide) groups is 1. The highest BCUT2D eigenvalue weighted by Gasteiger charge is 2.35. The lowest BCUT2D eigenvalue weighted by Crippen LogP contribution is -2.16. The Morgan fingerprint density at radius 3 is 2.71 bits per heavy atom. The Bertz CT molecular complexity index is 374. The van der Waals surface area contributed by atoms with E-state index in [0.717, 1.165) is 11.8 Å². The normalized spacial score (nSPS) is 11.6. The van der Waals surface area contributed by atoms with E-state index >= 15 is 0 Å². The van der Waals surface area contributed by atoms with E-state index in [1.54, 1.807) is 0 Å². The number of hydrogen-bond donors (Lipinski definition) is 2. The van der Waals surface area contributed by atoms with Crippen LogP contribution in [0.3, 0.4) is 0 Å². The number of halogens is 3. The number of nitrogen functional groups attached to an aromatic ring is 1. The van der Waals surface area contributed by atoms with Crippen molar-refractivity contribution in [3.8, 4) is 0 Å². The van der Waals surface area contributed by atoms with Gasteiger partial charge in [-0.1, -0.05) is 0 Å². The van der Waals surface area contributed by atoms with Gasteiger partial charge in [0.2, 0.25) is 5.82 Å². The van der Waals surface area contributed by atoms with Gasteiger partial charge in [0.25, 0.3) is 0 Å². The molecule has 17 heavy (non-hydrogen) atoms. The predicted molar refractivity (Wildman–Crippen MR) is 57.4 cm³/mol. The highest BCUT2D eigenvalue weighted by atomic mass is 32.2. The zero-order chi connectivity index (χ0) is 12.9. The Kier molecular flexibility index (Phi) is 4.97.